The molecule has 0 aliphatic carbocycles. The van der Waals surface area contributed by atoms with Crippen molar-refractivity contribution in [2.75, 3.05) is 0 Å². The minimum absolute atomic E-state index is 0.271. The van der Waals surface area contributed by atoms with E-state index in [2.05, 4.69) is 15.3 Å². The van der Waals surface area contributed by atoms with Crippen LogP contribution in [0.4, 0.5) is 0 Å². The van der Waals surface area contributed by atoms with Crippen molar-refractivity contribution in [3.05, 3.63) is 38.8 Å². The summed E-state index contributed by atoms with van der Waals surface area (Å²) in [5.41, 5.74) is -1.93. The molecule has 0 saturated carbocycles. The summed E-state index contributed by atoms with van der Waals surface area (Å²) in [7, 11) is 0. The van der Waals surface area contributed by atoms with E-state index in [4.69, 9.17) is 5.26 Å². The number of aromatic amines is 2. The summed E-state index contributed by atoms with van der Waals surface area (Å²) >= 11 is 0. The van der Waals surface area contributed by atoms with Gasteiger partial charge in [0.2, 0.25) is 5.69 Å². The quantitative estimate of drug-likeness (QED) is 0.586. The number of nitriles is 1. The minimum atomic E-state index is -0.807. The Balaban J connectivity index is 2.75. The van der Waals surface area contributed by atoms with E-state index in [9.17, 15) is 9.59 Å². The lowest BCUT2D eigenvalue weighted by Crippen LogP contribution is -2.33. The molecule has 2 heterocycles. The Morgan fingerprint density at radius 2 is 2.27 bits per heavy atom. The van der Waals surface area contributed by atoms with Crippen LogP contribution >= 0.6 is 0 Å². The van der Waals surface area contributed by atoms with Gasteiger partial charge in [0.1, 0.15) is 6.07 Å². The molecule has 0 saturated heterocycles. The van der Waals surface area contributed by atoms with Gasteiger partial charge in [-0.15, -0.1) is 5.10 Å². The summed E-state index contributed by atoms with van der Waals surface area (Å²) in [4.78, 5) is 24.3. The van der Waals surface area contributed by atoms with Gasteiger partial charge in [0.25, 0.3) is 5.56 Å². The Hall–Kier alpha value is -2.69. The van der Waals surface area contributed by atoms with Crippen LogP contribution in [0.2, 0.25) is 0 Å². The van der Waals surface area contributed by atoms with Gasteiger partial charge in [-0.05, 0) is 0 Å². The van der Waals surface area contributed by atoms with E-state index < -0.39 is 11.2 Å². The fraction of sp³-hybridized carbons (Fsp3) is 0. The Labute approximate surface area is 81.8 Å². The number of aromatic nitrogens is 5. The lowest BCUT2D eigenvalue weighted by atomic mass is 10.5. The summed E-state index contributed by atoms with van der Waals surface area (Å²) in [6.07, 6.45) is 1.42. The van der Waals surface area contributed by atoms with Gasteiger partial charge in [-0.25, -0.2) is 4.79 Å². The second-order valence-corrected chi connectivity index (χ2v) is 2.57. The zero-order valence-electron chi connectivity index (χ0n) is 7.26. The highest BCUT2D eigenvalue weighted by molar-refractivity contribution is 5.19. The fourth-order valence-corrected chi connectivity index (χ4v) is 1.00. The van der Waals surface area contributed by atoms with E-state index in [1.807, 2.05) is 4.98 Å². The third-order valence-electron chi connectivity index (χ3n) is 1.65. The van der Waals surface area contributed by atoms with Crippen LogP contribution in [0.3, 0.4) is 0 Å². The zero-order valence-corrected chi connectivity index (χ0v) is 7.26. The molecule has 15 heavy (non-hydrogen) atoms. The number of H-pyrrole nitrogens is 2. The second-order valence-electron chi connectivity index (χ2n) is 2.57. The molecule has 74 valence electrons. The van der Waals surface area contributed by atoms with Crippen molar-refractivity contribution in [1.82, 2.24) is 25.0 Å². The molecule has 0 radical (unpaired) electrons. The summed E-state index contributed by atoms with van der Waals surface area (Å²) in [5, 5.41) is 18.2. The predicted molar refractivity (Wildman–Crippen MR) is 47.3 cm³/mol. The van der Waals surface area contributed by atoms with E-state index in [0.29, 0.717) is 0 Å². The predicted octanol–water partition coefficient (Wildman–Crippen LogP) is -1.48. The maximum Gasteiger partial charge on any atom is 0.351 e. The first-order valence-electron chi connectivity index (χ1n) is 3.86. The Kier molecular flexibility index (Phi) is 1.91. The van der Waals surface area contributed by atoms with Crippen molar-refractivity contribution in [3.8, 4) is 11.9 Å². The van der Waals surface area contributed by atoms with E-state index in [1.165, 1.54) is 12.3 Å². The van der Waals surface area contributed by atoms with Gasteiger partial charge in [0.15, 0.2) is 5.82 Å². The van der Waals surface area contributed by atoms with Gasteiger partial charge in [0.05, 0.1) is 6.20 Å². The average Bonchev–Trinajstić information content (AvgIpc) is 2.71. The molecule has 0 aliphatic rings. The van der Waals surface area contributed by atoms with E-state index in [1.54, 1.807) is 6.07 Å². The van der Waals surface area contributed by atoms with Gasteiger partial charge in [-0.3, -0.25) is 14.9 Å². The Bertz CT molecular complexity index is 629. The number of nitrogens with zero attached hydrogens (tertiary/aromatic N) is 4. The lowest BCUT2D eigenvalue weighted by molar-refractivity contribution is 0.719. The molecule has 0 unspecified atom stereocenters. The topological polar surface area (TPSA) is 120 Å². The highest BCUT2D eigenvalue weighted by atomic mass is 16.2. The summed E-state index contributed by atoms with van der Waals surface area (Å²) in [5.74, 6) is 0.271. The molecular formula is C7H4N6O2. The van der Waals surface area contributed by atoms with Gasteiger partial charge >= 0.3 is 5.69 Å². The smallest absolute Gasteiger partial charge is 0.270 e. The average molecular weight is 204 g/mol. The van der Waals surface area contributed by atoms with E-state index in [0.717, 1.165) is 4.68 Å². The maximum absolute atomic E-state index is 11.3. The molecule has 8 nitrogen and oxygen atoms in total. The highest BCUT2D eigenvalue weighted by Gasteiger charge is 2.07. The van der Waals surface area contributed by atoms with Gasteiger partial charge in [-0.2, -0.15) is 15.0 Å². The van der Waals surface area contributed by atoms with Crippen molar-refractivity contribution < 1.29 is 0 Å². The Morgan fingerprint density at radius 3 is 2.87 bits per heavy atom. The monoisotopic (exact) mass is 204 g/mol. The highest BCUT2D eigenvalue weighted by Crippen LogP contribution is 1.93. The molecule has 2 aromatic rings. The van der Waals surface area contributed by atoms with E-state index in [-0.39, 0.29) is 11.5 Å². The van der Waals surface area contributed by atoms with Crippen LogP contribution in [0, 0.1) is 11.3 Å². The van der Waals surface area contributed by atoms with Gasteiger partial charge in [0, 0.05) is 6.07 Å². The minimum Gasteiger partial charge on any atom is -0.270 e. The van der Waals surface area contributed by atoms with Gasteiger partial charge in [-0.1, -0.05) is 0 Å². The second kappa shape index (κ2) is 3.22. The first kappa shape index (κ1) is 8.89. The number of hydrogen-bond acceptors (Lipinski definition) is 5. The normalized spacial score (nSPS) is 9.80. The molecular weight excluding hydrogens is 200 g/mol. The van der Waals surface area contributed by atoms with Crippen LogP contribution in [-0.4, -0.2) is 25.0 Å². The van der Waals surface area contributed by atoms with Crippen molar-refractivity contribution in [2.24, 2.45) is 0 Å². The SMILES string of the molecule is N#Cc1nn(-c2ccn[nH]2)c(=O)[nH]c1=O. The first-order valence-corrected chi connectivity index (χ1v) is 3.86. The van der Waals surface area contributed by atoms with Crippen LogP contribution in [0.1, 0.15) is 5.69 Å². The summed E-state index contributed by atoms with van der Waals surface area (Å²) in [6, 6.07) is 3.06. The number of nitrogens with one attached hydrogen (secondary N) is 2. The molecule has 0 fully saturated rings. The summed E-state index contributed by atoms with van der Waals surface area (Å²) < 4.78 is 0.854. The number of rotatable bonds is 1. The first-order chi connectivity index (χ1) is 7.22. The molecule has 8 heteroatoms. The molecule has 2 aromatic heterocycles. The largest absolute Gasteiger partial charge is 0.351 e. The molecule has 0 amide bonds. The molecule has 0 bridgehead atoms. The molecule has 0 atom stereocenters. The summed E-state index contributed by atoms with van der Waals surface area (Å²) in [6.45, 7) is 0. The lowest BCUT2D eigenvalue weighted by Gasteiger charge is -1.98. The van der Waals surface area contributed by atoms with Crippen molar-refractivity contribution in [3.63, 3.8) is 0 Å². The number of hydrogen-bond donors (Lipinski definition) is 2. The Morgan fingerprint density at radius 1 is 1.47 bits per heavy atom. The van der Waals surface area contributed by atoms with Gasteiger partial charge < -0.3 is 0 Å². The molecule has 2 rings (SSSR count). The standard InChI is InChI=1S/C7H4N6O2/c8-3-4-6(14)10-7(15)13(12-4)5-1-2-9-11-5/h1-2H,(H,9,11)(H,10,14,15). The third kappa shape index (κ3) is 1.42. The van der Waals surface area contributed by atoms with Crippen LogP contribution in [-0.2, 0) is 0 Å². The zero-order chi connectivity index (χ0) is 10.8. The molecule has 2 N–H and O–H groups in total. The third-order valence-corrected chi connectivity index (χ3v) is 1.65. The van der Waals surface area contributed by atoms with Crippen LogP contribution in [0.5, 0.6) is 0 Å². The van der Waals surface area contributed by atoms with Crippen molar-refractivity contribution in [2.45, 2.75) is 0 Å². The van der Waals surface area contributed by atoms with E-state index >= 15 is 0 Å². The molecule has 0 aliphatic heterocycles. The molecule has 0 aromatic carbocycles. The van der Waals surface area contributed by atoms with Crippen molar-refractivity contribution >= 4 is 0 Å². The molecule has 0 spiro atoms. The van der Waals surface area contributed by atoms with Crippen LogP contribution in [0.25, 0.3) is 5.82 Å². The van der Waals surface area contributed by atoms with Crippen LogP contribution in [0.15, 0.2) is 21.9 Å². The fourth-order valence-electron chi connectivity index (χ4n) is 1.00. The van der Waals surface area contributed by atoms with Crippen molar-refractivity contribution in [1.29, 1.82) is 5.26 Å². The van der Waals surface area contributed by atoms with Crippen LogP contribution < -0.4 is 11.2 Å². The maximum atomic E-state index is 11.3.